The molecule has 0 unspecified atom stereocenters. The van der Waals surface area contributed by atoms with Gasteiger partial charge >= 0.3 is 5.97 Å². The van der Waals surface area contributed by atoms with Crippen molar-refractivity contribution in [2.24, 2.45) is 0 Å². The van der Waals surface area contributed by atoms with E-state index in [9.17, 15) is 9.59 Å². The Hall–Kier alpha value is -2.09. The van der Waals surface area contributed by atoms with E-state index in [4.69, 9.17) is 21.1 Å². The molecule has 0 bridgehead atoms. The van der Waals surface area contributed by atoms with Gasteiger partial charge in [-0.3, -0.25) is 9.69 Å². The number of hydrogen-bond donors (Lipinski definition) is 1. The van der Waals surface area contributed by atoms with Crippen molar-refractivity contribution in [3.05, 3.63) is 51.7 Å². The molecule has 138 valence electrons. The van der Waals surface area contributed by atoms with Gasteiger partial charge in [-0.05, 0) is 35.7 Å². The molecular formula is C18H19ClN2O4S. The summed E-state index contributed by atoms with van der Waals surface area (Å²) in [5.41, 5.74) is 0. The number of nitrogens with one attached hydrogen (secondary N) is 1. The minimum atomic E-state index is -0.450. The van der Waals surface area contributed by atoms with Crippen molar-refractivity contribution in [2.75, 3.05) is 32.8 Å². The van der Waals surface area contributed by atoms with Crippen molar-refractivity contribution < 1.29 is 19.1 Å². The molecule has 6 nitrogen and oxygen atoms in total. The molecule has 0 spiro atoms. The maximum Gasteiger partial charge on any atom is 0.344 e. The van der Waals surface area contributed by atoms with Crippen LogP contribution in [0.1, 0.15) is 10.9 Å². The number of benzene rings is 1. The normalized spacial score (nSPS) is 17.6. The predicted molar refractivity (Wildman–Crippen MR) is 99.5 cm³/mol. The molecule has 1 fully saturated rings. The first-order chi connectivity index (χ1) is 12.6. The fraction of sp³-hybridized carbons (Fsp3) is 0.333. The van der Waals surface area contributed by atoms with Gasteiger partial charge in [0.2, 0.25) is 5.91 Å². The Morgan fingerprint density at radius 3 is 2.85 bits per heavy atom. The molecule has 0 aliphatic carbocycles. The molecule has 8 heteroatoms. The van der Waals surface area contributed by atoms with E-state index in [1.165, 1.54) is 0 Å². The highest BCUT2D eigenvalue weighted by molar-refractivity contribution is 7.10. The summed E-state index contributed by atoms with van der Waals surface area (Å²) in [6.45, 7) is 1.83. The van der Waals surface area contributed by atoms with E-state index in [-0.39, 0.29) is 25.2 Å². The number of piperazine rings is 1. The SMILES string of the molecule is O=C(COc1ccc(Cl)cc1)OCCN1CCNC(=O)[C@@H]1c1cccs1. The number of hydrogen-bond acceptors (Lipinski definition) is 6. The van der Waals surface area contributed by atoms with Crippen LogP contribution >= 0.6 is 22.9 Å². The molecule has 1 aromatic carbocycles. The van der Waals surface area contributed by atoms with Crippen molar-refractivity contribution in [1.29, 1.82) is 0 Å². The molecule has 1 aliphatic heterocycles. The zero-order valence-corrected chi connectivity index (χ0v) is 15.6. The standard InChI is InChI=1S/C18H19ClN2O4S/c19-13-3-5-14(6-4-13)25-12-16(22)24-10-9-21-8-7-20-18(23)17(21)15-2-1-11-26-15/h1-6,11,17H,7-10,12H2,(H,20,23)/t17-/m0/s1. The predicted octanol–water partition coefficient (Wildman–Crippen LogP) is 2.50. The van der Waals surface area contributed by atoms with E-state index in [0.29, 0.717) is 30.4 Å². The van der Waals surface area contributed by atoms with Gasteiger partial charge in [0, 0.05) is 29.5 Å². The highest BCUT2D eigenvalue weighted by atomic mass is 35.5. The third-order valence-corrected chi connectivity index (χ3v) is 5.11. The summed E-state index contributed by atoms with van der Waals surface area (Å²) in [6, 6.07) is 10.3. The highest BCUT2D eigenvalue weighted by Crippen LogP contribution is 2.26. The average Bonchev–Trinajstić information content (AvgIpc) is 3.15. The molecule has 1 saturated heterocycles. The van der Waals surface area contributed by atoms with E-state index in [2.05, 4.69) is 5.32 Å². The first-order valence-electron chi connectivity index (χ1n) is 8.22. The summed E-state index contributed by atoms with van der Waals surface area (Å²) in [5.74, 6) is 0.0852. The van der Waals surface area contributed by atoms with Crippen molar-refractivity contribution in [2.45, 2.75) is 6.04 Å². The van der Waals surface area contributed by atoms with Gasteiger partial charge in [-0.2, -0.15) is 0 Å². The van der Waals surface area contributed by atoms with Crippen molar-refractivity contribution >= 4 is 34.8 Å². The van der Waals surface area contributed by atoms with Crippen molar-refractivity contribution in [3.8, 4) is 5.75 Å². The average molecular weight is 395 g/mol. The first kappa shape index (κ1) is 18.7. The van der Waals surface area contributed by atoms with Crippen LogP contribution in [0.5, 0.6) is 5.75 Å². The Bertz CT molecular complexity index is 736. The van der Waals surface area contributed by atoms with Crippen LogP contribution in [0, 0.1) is 0 Å². The fourth-order valence-corrected chi connectivity index (χ4v) is 3.69. The molecular weight excluding hydrogens is 376 g/mol. The van der Waals surface area contributed by atoms with Gasteiger partial charge in [-0.15, -0.1) is 11.3 Å². The highest BCUT2D eigenvalue weighted by Gasteiger charge is 2.31. The molecule has 1 amide bonds. The Morgan fingerprint density at radius 1 is 1.31 bits per heavy atom. The number of ether oxygens (including phenoxy) is 2. The van der Waals surface area contributed by atoms with Crippen LogP contribution in [-0.2, 0) is 14.3 Å². The molecule has 2 heterocycles. The maximum absolute atomic E-state index is 12.2. The summed E-state index contributed by atoms with van der Waals surface area (Å²) in [7, 11) is 0. The molecule has 1 aromatic heterocycles. The van der Waals surface area contributed by atoms with Crippen molar-refractivity contribution in [3.63, 3.8) is 0 Å². The van der Waals surface area contributed by atoms with Gasteiger partial charge in [0.1, 0.15) is 18.4 Å². The second-order valence-corrected chi connectivity index (χ2v) is 7.12. The number of nitrogens with zero attached hydrogens (tertiary/aromatic N) is 1. The Morgan fingerprint density at radius 2 is 2.12 bits per heavy atom. The van der Waals surface area contributed by atoms with E-state index < -0.39 is 5.97 Å². The number of amides is 1. The van der Waals surface area contributed by atoms with Gasteiger partial charge < -0.3 is 14.8 Å². The zero-order chi connectivity index (χ0) is 18.4. The second kappa shape index (κ2) is 9.02. The topological polar surface area (TPSA) is 67.9 Å². The Kier molecular flexibility index (Phi) is 6.49. The van der Waals surface area contributed by atoms with Crippen LogP contribution in [-0.4, -0.2) is 49.6 Å². The van der Waals surface area contributed by atoms with Crippen molar-refractivity contribution in [1.82, 2.24) is 10.2 Å². The molecule has 1 atom stereocenters. The summed E-state index contributed by atoms with van der Waals surface area (Å²) < 4.78 is 10.6. The fourth-order valence-electron chi connectivity index (χ4n) is 2.70. The lowest BCUT2D eigenvalue weighted by Gasteiger charge is -2.34. The van der Waals surface area contributed by atoms with E-state index >= 15 is 0 Å². The maximum atomic E-state index is 12.2. The lowest BCUT2D eigenvalue weighted by molar-refractivity contribution is -0.146. The number of rotatable bonds is 7. The number of halogens is 1. The van der Waals surface area contributed by atoms with Gasteiger partial charge in [0.25, 0.3) is 0 Å². The molecule has 2 aromatic rings. The van der Waals surface area contributed by atoms with Gasteiger partial charge in [0.05, 0.1) is 0 Å². The summed E-state index contributed by atoms with van der Waals surface area (Å²) in [4.78, 5) is 27.0. The van der Waals surface area contributed by atoms with Crippen LogP contribution in [0.4, 0.5) is 0 Å². The molecule has 1 N–H and O–H groups in total. The number of carbonyl (C=O) groups excluding carboxylic acids is 2. The monoisotopic (exact) mass is 394 g/mol. The van der Waals surface area contributed by atoms with E-state index in [1.54, 1.807) is 35.6 Å². The minimum Gasteiger partial charge on any atom is -0.482 e. The molecule has 0 radical (unpaired) electrons. The summed E-state index contributed by atoms with van der Waals surface area (Å²) in [5, 5.41) is 5.43. The second-order valence-electron chi connectivity index (χ2n) is 5.71. The van der Waals surface area contributed by atoms with Crippen LogP contribution < -0.4 is 10.1 Å². The van der Waals surface area contributed by atoms with Crippen LogP contribution in [0.25, 0.3) is 0 Å². The van der Waals surface area contributed by atoms with Crippen LogP contribution in [0.15, 0.2) is 41.8 Å². The first-order valence-corrected chi connectivity index (χ1v) is 9.48. The molecule has 3 rings (SSSR count). The third-order valence-electron chi connectivity index (χ3n) is 3.94. The number of carbonyl (C=O) groups is 2. The van der Waals surface area contributed by atoms with E-state index in [1.807, 2.05) is 22.4 Å². The zero-order valence-electron chi connectivity index (χ0n) is 14.0. The Labute approximate surface area is 160 Å². The van der Waals surface area contributed by atoms with E-state index in [0.717, 1.165) is 4.88 Å². The summed E-state index contributed by atoms with van der Waals surface area (Å²) >= 11 is 7.34. The van der Waals surface area contributed by atoms with Gasteiger partial charge in [-0.1, -0.05) is 17.7 Å². The van der Waals surface area contributed by atoms with Crippen LogP contribution in [0.2, 0.25) is 5.02 Å². The smallest absolute Gasteiger partial charge is 0.344 e. The van der Waals surface area contributed by atoms with Crippen LogP contribution in [0.3, 0.4) is 0 Å². The lowest BCUT2D eigenvalue weighted by atomic mass is 10.1. The third kappa shape index (κ3) is 4.97. The largest absolute Gasteiger partial charge is 0.482 e. The number of esters is 1. The molecule has 1 aliphatic rings. The lowest BCUT2D eigenvalue weighted by Crippen LogP contribution is -2.50. The Balaban J connectivity index is 1.45. The minimum absolute atomic E-state index is 0.0175. The molecule has 26 heavy (non-hydrogen) atoms. The molecule has 0 saturated carbocycles. The van der Waals surface area contributed by atoms with Gasteiger partial charge in [-0.25, -0.2) is 4.79 Å². The summed E-state index contributed by atoms with van der Waals surface area (Å²) in [6.07, 6.45) is 0. The number of thiophene rings is 1. The quantitative estimate of drug-likeness (QED) is 0.731. The van der Waals surface area contributed by atoms with Gasteiger partial charge in [0.15, 0.2) is 6.61 Å².